The highest BCUT2D eigenvalue weighted by molar-refractivity contribution is 7.98. The van der Waals surface area contributed by atoms with Gasteiger partial charge in [0, 0.05) is 106 Å². The Morgan fingerprint density at radius 3 is 1.66 bits per heavy atom. The van der Waals surface area contributed by atoms with Gasteiger partial charge in [0.15, 0.2) is 0 Å². The van der Waals surface area contributed by atoms with Gasteiger partial charge in [-0.1, -0.05) is 64.1 Å². The van der Waals surface area contributed by atoms with E-state index in [1.165, 1.54) is 43.3 Å². The smallest absolute Gasteiger partial charge is 0.317 e. The molecule has 0 radical (unpaired) electrons. The van der Waals surface area contributed by atoms with Crippen molar-refractivity contribution in [3.63, 3.8) is 0 Å². The number of thioether (sulfide) groups is 1. The molecule has 3 aromatic carbocycles. The van der Waals surface area contributed by atoms with E-state index in [9.17, 15) is 82.4 Å². The van der Waals surface area contributed by atoms with Gasteiger partial charge in [-0.15, -0.1) is 0 Å². The summed E-state index contributed by atoms with van der Waals surface area (Å²) >= 11 is 1.45. The molecule has 6 rings (SSSR count). The number of H-pyrrole nitrogens is 2. The molecule has 109 heavy (non-hydrogen) atoms. The van der Waals surface area contributed by atoms with Crippen molar-refractivity contribution in [3.05, 3.63) is 108 Å². The van der Waals surface area contributed by atoms with Crippen molar-refractivity contribution in [1.82, 2.24) is 77.1 Å². The van der Waals surface area contributed by atoms with Gasteiger partial charge in [-0.3, -0.25) is 86.7 Å². The van der Waals surface area contributed by atoms with Gasteiger partial charge in [0.2, 0.25) is 59.1 Å². The number of aryl methyl sites for hydroxylation is 1. The number of para-hydroxylation sites is 1. The quantitative estimate of drug-likeness (QED) is 0.0226. The second-order valence-corrected chi connectivity index (χ2v) is 28.6. The molecule has 35 nitrogen and oxygen atoms in total. The fourth-order valence-corrected chi connectivity index (χ4v) is 12.6. The molecule has 1 saturated heterocycles. The third kappa shape index (κ3) is 29.4. The first-order valence-corrected chi connectivity index (χ1v) is 37.2. The van der Waals surface area contributed by atoms with Crippen LogP contribution >= 0.6 is 11.8 Å². The van der Waals surface area contributed by atoms with Crippen LogP contribution in [0.15, 0.2) is 85.5 Å². The second kappa shape index (κ2) is 43.2. The number of aromatic amines is 2. The van der Waals surface area contributed by atoms with Gasteiger partial charge in [0.05, 0.1) is 44.7 Å². The van der Waals surface area contributed by atoms with Gasteiger partial charge in [0.1, 0.15) is 42.3 Å². The molecule has 7 atom stereocenters. The van der Waals surface area contributed by atoms with E-state index in [2.05, 4.69) is 62.8 Å². The molecular weight excluding hydrogens is 1430 g/mol. The van der Waals surface area contributed by atoms with Crippen LogP contribution in [0.3, 0.4) is 0 Å². The van der Waals surface area contributed by atoms with Gasteiger partial charge in [0.25, 0.3) is 5.91 Å². The summed E-state index contributed by atoms with van der Waals surface area (Å²) in [6.45, 7) is 10.1. The lowest BCUT2D eigenvalue weighted by Gasteiger charge is -2.32. The molecule has 0 unspecified atom stereocenters. The zero-order chi connectivity index (χ0) is 80.0. The van der Waals surface area contributed by atoms with E-state index in [1.54, 1.807) is 94.2 Å². The summed E-state index contributed by atoms with van der Waals surface area (Å²) in [7, 11) is 0. The number of amides is 11. The normalized spacial score (nSPS) is 15.4. The summed E-state index contributed by atoms with van der Waals surface area (Å²) < 4.78 is 0. The lowest BCUT2D eigenvalue weighted by atomic mass is 9.98. The summed E-state index contributed by atoms with van der Waals surface area (Å²) in [6, 6.07) is 9.76. The molecule has 36 heteroatoms. The van der Waals surface area contributed by atoms with Gasteiger partial charge in [-0.2, -0.15) is 11.8 Å². The number of carbonyl (C=O) groups excluding carboxylic acids is 11. The third-order valence-electron chi connectivity index (χ3n) is 18.0. The fourth-order valence-electron chi connectivity index (χ4n) is 12.2. The Balaban J connectivity index is 1.10. The van der Waals surface area contributed by atoms with Gasteiger partial charge in [-0.05, 0) is 110 Å². The minimum absolute atomic E-state index is 0.106. The maximum atomic E-state index is 14.5. The van der Waals surface area contributed by atoms with Crippen LogP contribution in [-0.2, 0) is 75.2 Å². The Labute approximate surface area is 635 Å². The SMILES string of the molecule is CSCC[C@H](NC(=O)[C@H](CC(C)C)NC(=O)[C@H](Cc1c[nH]cn1)NC(=O)CNC(=O)[C@@H](NC(=O)[C@H](C)NC(=O)[C@H](Cc1c[nH]c2ccccc12)NC(=O)[C@H](CCC(N)=O)NC(=O)c1ccc(-c2ccc(NC(=O)CN3CCN(CC(=O)O)CCN(CC(=O)O)CCN(CC(=O)O)CC3)cc2C)cc1)C(C)C)C(N)=O. The number of primary amides is 2. The average molecular weight is 1540 g/mol. The first-order chi connectivity index (χ1) is 51.7. The van der Waals surface area contributed by atoms with Gasteiger partial charge < -0.3 is 84.6 Å². The number of carboxylic acid groups (broad SMARTS) is 3. The Kier molecular flexibility index (Phi) is 34.6. The minimum atomic E-state index is -1.45. The molecule has 0 spiro atoms. The molecule has 2 aromatic heterocycles. The number of imidazole rings is 1. The number of rotatable bonds is 40. The number of hydrogen-bond acceptors (Lipinski definition) is 20. The van der Waals surface area contributed by atoms with Gasteiger partial charge in [-0.25, -0.2) is 4.98 Å². The fraction of sp³-hybridized carbons (Fsp3) is 0.493. The van der Waals surface area contributed by atoms with Crippen LogP contribution in [0.5, 0.6) is 0 Å². The van der Waals surface area contributed by atoms with E-state index in [1.807, 2.05) is 27.0 Å². The summed E-state index contributed by atoms with van der Waals surface area (Å²) in [5.41, 5.74) is 15.5. The maximum Gasteiger partial charge on any atom is 0.317 e. The van der Waals surface area contributed by atoms with E-state index in [4.69, 9.17) is 11.5 Å². The van der Waals surface area contributed by atoms with Crippen molar-refractivity contribution in [3.8, 4) is 11.1 Å². The van der Waals surface area contributed by atoms with Crippen molar-refractivity contribution in [2.45, 2.75) is 122 Å². The number of hydrogen-bond donors (Lipinski definition) is 16. The Hall–Kier alpha value is -10.8. The van der Waals surface area contributed by atoms with E-state index >= 15 is 0 Å². The Bertz CT molecular complexity index is 3960. The standard InChI is InChI=1S/C73H102N18O17S/c1-42(2)30-56(71(106)83-54(66(75)101)20-29-109-7)85-72(107)58(33-50-35-76-41-79-50)82-60(93)36-78-73(108)65(43(3)4)87-67(102)45(6)80-70(105)57(32-48-34-77-53-11-9-8-10-52(48)53)86-69(104)55(18-19-59(74)92)84-68(103)47-14-12-46(13-15-47)51-17-16-49(31-44(51)5)81-61(94)37-88-21-23-89(38-62(95)96)25-27-91(40-64(99)100)28-26-90(24-22-88)39-63(97)98/h8-17,31,34-35,41-43,45,54-58,65,77H,18-30,32-33,36-40H2,1-7H3,(H2,74,92)(H2,75,101)(H,76,79)(H,78,108)(H,80,105)(H,81,94)(H,82,93)(H,83,106)(H,84,103)(H,85,107)(H,86,104)(H,87,102)(H,95,96)(H,97,98)(H,99,100)/t45-,54-,55-,56-,57-,58-,65-/m0/s1. The van der Waals surface area contributed by atoms with Crippen molar-refractivity contribution >= 4 is 111 Å². The lowest BCUT2D eigenvalue weighted by molar-refractivity contribution is -0.140. The predicted molar refractivity (Wildman–Crippen MR) is 405 cm³/mol. The van der Waals surface area contributed by atoms with Crippen molar-refractivity contribution < 1.29 is 82.4 Å². The molecule has 18 N–H and O–H groups in total. The van der Waals surface area contributed by atoms with E-state index < -0.39 is 138 Å². The van der Waals surface area contributed by atoms with Crippen molar-refractivity contribution in [2.75, 3.05) is 102 Å². The molecule has 1 fully saturated rings. The first kappa shape index (κ1) is 87.1. The number of nitrogens with two attached hydrogens (primary N) is 2. The van der Waals surface area contributed by atoms with E-state index in [0.29, 0.717) is 39.2 Å². The lowest BCUT2D eigenvalue weighted by Crippen LogP contribution is -2.59. The number of aliphatic carboxylic acids is 3. The largest absolute Gasteiger partial charge is 0.480 e. The summed E-state index contributed by atoms with van der Waals surface area (Å²) in [5.74, 6) is -11.7. The van der Waals surface area contributed by atoms with Crippen molar-refractivity contribution in [1.29, 1.82) is 0 Å². The van der Waals surface area contributed by atoms with Crippen molar-refractivity contribution in [2.24, 2.45) is 23.3 Å². The average Bonchev–Trinajstić information content (AvgIpc) is 1.80. The highest BCUT2D eigenvalue weighted by atomic mass is 32.2. The topological polar surface area (TPSA) is 517 Å². The number of aromatic nitrogens is 3. The molecule has 592 valence electrons. The van der Waals surface area contributed by atoms with Crippen LogP contribution < -0.4 is 59.3 Å². The van der Waals surface area contributed by atoms with Gasteiger partial charge >= 0.3 is 17.9 Å². The Morgan fingerprint density at radius 1 is 0.569 bits per heavy atom. The molecule has 3 heterocycles. The monoisotopic (exact) mass is 1530 g/mol. The summed E-state index contributed by atoms with van der Waals surface area (Å²) in [4.78, 5) is 202. The first-order valence-electron chi connectivity index (χ1n) is 35.8. The number of benzene rings is 3. The molecule has 1 aliphatic rings. The van der Waals surface area contributed by atoms with Crippen LogP contribution in [0.2, 0.25) is 0 Å². The highest BCUT2D eigenvalue weighted by Crippen LogP contribution is 2.27. The van der Waals surface area contributed by atoms with Crippen LogP contribution in [0.4, 0.5) is 5.69 Å². The molecule has 0 saturated carbocycles. The molecule has 11 amide bonds. The second-order valence-electron chi connectivity index (χ2n) is 27.6. The highest BCUT2D eigenvalue weighted by Gasteiger charge is 2.35. The molecule has 0 bridgehead atoms. The van der Waals surface area contributed by atoms with Crippen LogP contribution in [0.25, 0.3) is 22.0 Å². The Morgan fingerprint density at radius 2 is 1.12 bits per heavy atom. The number of nitrogens with zero attached hydrogens (tertiary/aromatic N) is 5. The predicted octanol–water partition coefficient (Wildman–Crippen LogP) is -0.885. The third-order valence-corrected chi connectivity index (χ3v) is 18.7. The van der Waals surface area contributed by atoms with E-state index in [0.717, 1.165) is 11.1 Å². The maximum absolute atomic E-state index is 14.5. The van der Waals surface area contributed by atoms with Crippen LogP contribution in [0, 0.1) is 18.8 Å². The zero-order valence-corrected chi connectivity index (χ0v) is 63.1. The number of carbonyl (C=O) groups is 14. The van der Waals surface area contributed by atoms with Crippen LogP contribution in [0.1, 0.15) is 87.5 Å². The molecular formula is C73H102N18O17S. The number of fused-ring (bicyclic) bond motifs is 1. The van der Waals surface area contributed by atoms with Crippen LogP contribution in [-0.4, -0.2) is 272 Å². The minimum Gasteiger partial charge on any atom is -0.480 e. The number of nitrogens with one attached hydrogen (secondary N) is 11. The molecule has 1 aliphatic heterocycles. The van der Waals surface area contributed by atoms with E-state index in [-0.39, 0.29) is 129 Å². The molecule has 5 aromatic rings. The zero-order valence-electron chi connectivity index (χ0n) is 62.3. The summed E-state index contributed by atoms with van der Waals surface area (Å²) in [5, 5.41) is 53.4. The molecule has 0 aliphatic carbocycles. The summed E-state index contributed by atoms with van der Waals surface area (Å²) in [6.07, 6.45) is 5.83. The number of anilines is 1. The number of carboxylic acids is 3.